The van der Waals surface area contributed by atoms with E-state index >= 15 is 0 Å². The number of rotatable bonds is 5. The van der Waals surface area contributed by atoms with Crippen LogP contribution in [0.5, 0.6) is 0 Å². The van der Waals surface area contributed by atoms with Crippen LogP contribution in [0.15, 0.2) is 48.6 Å². The summed E-state index contributed by atoms with van der Waals surface area (Å²) in [6.07, 6.45) is 4.51. The van der Waals surface area contributed by atoms with Gasteiger partial charge in [0, 0.05) is 11.6 Å². The summed E-state index contributed by atoms with van der Waals surface area (Å²) in [7, 11) is 0. The number of amides is 2. The van der Waals surface area contributed by atoms with Gasteiger partial charge in [0.25, 0.3) is 0 Å². The Balaban J connectivity index is -0.0000000443. The topological polar surface area (TPSA) is 194 Å². The summed E-state index contributed by atoms with van der Waals surface area (Å²) < 4.78 is 0. The number of nitrogens with two attached hydrogens (primary N) is 2. The molecular weight excluding hydrogens is 366 g/mol. The van der Waals surface area contributed by atoms with E-state index in [1.807, 2.05) is 0 Å². The van der Waals surface area contributed by atoms with Crippen LogP contribution in [-0.2, 0) is 19.2 Å². The molecule has 0 radical (unpaired) electrons. The molecular formula is C15H24N2Na2O7. The molecule has 0 bridgehead atoms. The molecule has 0 aliphatic carbocycles. The predicted octanol–water partition coefficient (Wildman–Crippen LogP) is -6.50. The van der Waals surface area contributed by atoms with Gasteiger partial charge in [0.05, 0.1) is 5.97 Å². The fourth-order valence-electron chi connectivity index (χ4n) is 0.589. The summed E-state index contributed by atoms with van der Waals surface area (Å²) in [5.41, 5.74) is 9.60. The van der Waals surface area contributed by atoms with E-state index in [4.69, 9.17) is 10.8 Å². The predicted molar refractivity (Wildman–Crippen MR) is 87.6 cm³/mol. The van der Waals surface area contributed by atoms with Gasteiger partial charge < -0.3 is 32.0 Å². The zero-order valence-electron chi connectivity index (χ0n) is 14.8. The molecule has 0 heterocycles. The third kappa shape index (κ3) is 38.4. The Morgan fingerprint density at radius 1 is 1.04 bits per heavy atom. The Morgan fingerprint density at radius 2 is 1.35 bits per heavy atom. The van der Waals surface area contributed by atoms with Crippen LogP contribution >= 0.6 is 0 Å². The summed E-state index contributed by atoms with van der Waals surface area (Å²) >= 11 is 0. The molecule has 0 spiro atoms. The van der Waals surface area contributed by atoms with Crippen LogP contribution < -0.4 is 75.7 Å². The van der Waals surface area contributed by atoms with Crippen molar-refractivity contribution in [3.8, 4) is 0 Å². The van der Waals surface area contributed by atoms with E-state index < -0.39 is 23.8 Å². The fourth-order valence-corrected chi connectivity index (χ4v) is 0.589. The van der Waals surface area contributed by atoms with E-state index in [2.05, 4.69) is 18.9 Å². The van der Waals surface area contributed by atoms with Crippen LogP contribution in [0.3, 0.4) is 0 Å². The monoisotopic (exact) mass is 390 g/mol. The van der Waals surface area contributed by atoms with E-state index in [0.29, 0.717) is 0 Å². The van der Waals surface area contributed by atoms with Gasteiger partial charge in [-0.3, -0.25) is 9.59 Å². The minimum Gasteiger partial charge on any atom is -0.870 e. The summed E-state index contributed by atoms with van der Waals surface area (Å²) in [6, 6.07) is 0. The van der Waals surface area contributed by atoms with Crippen molar-refractivity contribution in [1.29, 1.82) is 0 Å². The molecule has 0 aliphatic heterocycles. The Labute approximate surface area is 197 Å². The second-order valence-electron chi connectivity index (χ2n) is 3.37. The molecule has 11 heteroatoms. The van der Waals surface area contributed by atoms with Crippen molar-refractivity contribution in [3.05, 3.63) is 48.6 Å². The van der Waals surface area contributed by atoms with E-state index in [1.54, 1.807) is 6.92 Å². The van der Waals surface area contributed by atoms with Gasteiger partial charge in [0.15, 0.2) is 0 Å². The molecule has 26 heavy (non-hydrogen) atoms. The normalized spacial score (nSPS) is 8.38. The number of aliphatic carboxylic acids is 2. The summed E-state index contributed by atoms with van der Waals surface area (Å²) in [5, 5.41) is 17.8. The summed E-state index contributed by atoms with van der Waals surface area (Å²) in [6.45, 7) is 8.98. The number of carboxylic acid groups (broad SMARTS) is 2. The van der Waals surface area contributed by atoms with Crippen LogP contribution in [0.2, 0.25) is 0 Å². The zero-order chi connectivity index (χ0) is 18.3. The third-order valence-corrected chi connectivity index (χ3v) is 1.67. The maximum atomic E-state index is 10.6. The first-order chi connectivity index (χ1) is 10.0. The largest absolute Gasteiger partial charge is 1.00 e. The third-order valence-electron chi connectivity index (χ3n) is 1.67. The second kappa shape index (κ2) is 28.6. The number of carboxylic acids is 2. The number of carbonyl (C=O) groups is 4. The van der Waals surface area contributed by atoms with Gasteiger partial charge >= 0.3 is 65.1 Å². The van der Waals surface area contributed by atoms with Gasteiger partial charge in [-0.05, 0) is 31.6 Å². The molecule has 0 atom stereocenters. The van der Waals surface area contributed by atoms with Gasteiger partial charge in [0.1, 0.15) is 0 Å². The first-order valence-corrected chi connectivity index (χ1v) is 5.66. The molecule has 0 saturated carbocycles. The number of hydrogen-bond donors (Lipinski definition) is 3. The summed E-state index contributed by atoms with van der Waals surface area (Å²) in [4.78, 5) is 39.5. The molecule has 0 aromatic heterocycles. The molecule has 2 amide bonds. The van der Waals surface area contributed by atoms with Gasteiger partial charge in [-0.15, -0.1) is 0 Å². The maximum absolute atomic E-state index is 10.6. The van der Waals surface area contributed by atoms with Crippen molar-refractivity contribution < 1.29 is 94.0 Å². The smallest absolute Gasteiger partial charge is 0.870 e. The molecule has 0 rings (SSSR count). The Morgan fingerprint density at radius 3 is 1.46 bits per heavy atom. The number of allylic oxidation sites excluding steroid dienone is 1. The molecule has 0 unspecified atom stereocenters. The van der Waals surface area contributed by atoms with Crippen LogP contribution in [0.25, 0.3) is 0 Å². The van der Waals surface area contributed by atoms with Crippen molar-refractivity contribution in [2.45, 2.75) is 21.3 Å². The van der Waals surface area contributed by atoms with E-state index in [9.17, 15) is 24.3 Å². The van der Waals surface area contributed by atoms with E-state index in [1.165, 1.54) is 19.1 Å². The van der Waals surface area contributed by atoms with Crippen molar-refractivity contribution >= 4 is 23.8 Å². The minimum atomic E-state index is -1.31. The van der Waals surface area contributed by atoms with Crippen molar-refractivity contribution in [2.75, 3.05) is 0 Å². The van der Waals surface area contributed by atoms with Crippen LogP contribution in [0.1, 0.15) is 21.3 Å². The van der Waals surface area contributed by atoms with Crippen molar-refractivity contribution in [2.24, 2.45) is 11.5 Å². The average Bonchev–Trinajstić information content (AvgIpc) is 2.44. The summed E-state index contributed by atoms with van der Waals surface area (Å²) in [5.74, 6) is -3.43. The molecule has 9 nitrogen and oxygen atoms in total. The van der Waals surface area contributed by atoms with Gasteiger partial charge in [-0.2, -0.15) is 0 Å². The molecule has 0 fully saturated rings. The molecule has 6 N–H and O–H groups in total. The number of primary amides is 2. The number of hydrogen-bond acceptors (Lipinski definition) is 6. The van der Waals surface area contributed by atoms with Gasteiger partial charge in [-0.1, -0.05) is 26.7 Å². The molecule has 0 aromatic rings. The van der Waals surface area contributed by atoms with Crippen LogP contribution in [-0.4, -0.2) is 34.3 Å². The molecule has 0 saturated heterocycles. The van der Waals surface area contributed by atoms with Crippen LogP contribution in [0, 0.1) is 0 Å². The Hall–Kier alpha value is -1.20. The molecule has 0 aliphatic rings. The quantitative estimate of drug-likeness (QED) is 0.236. The average molecular weight is 390 g/mol. The maximum Gasteiger partial charge on any atom is 1.00 e. The Bertz CT molecular complexity index is 498. The first-order valence-electron chi connectivity index (χ1n) is 5.66. The molecule has 0 aromatic carbocycles. The molecule has 138 valence electrons. The second-order valence-corrected chi connectivity index (χ2v) is 3.37. The SMILES string of the molecule is C.C=CC(=O)O.C=CC(N)=O.CC=C(C=C(C)C(=O)[O-])C(N)=O.[Na+].[Na+].[OH-]. The standard InChI is InChI=1S/C8H11NO3.C3H5NO.C3H4O2.CH4.2Na.H2O/c1-3-6(7(9)10)4-5(2)8(11)12;2*1-2-3(4)5;;;;/h3-4H,1-2H3,(H2,9,10)(H,11,12);2H,1H2,(H2,4,5);2H,1H2,(H,4,5);1H4;;;1H2/q;;;;2*+1;/p-2. The van der Waals surface area contributed by atoms with Crippen molar-refractivity contribution in [1.82, 2.24) is 0 Å². The van der Waals surface area contributed by atoms with Gasteiger partial charge in [0.2, 0.25) is 11.8 Å². The van der Waals surface area contributed by atoms with Crippen LogP contribution in [0.4, 0.5) is 0 Å². The fraction of sp³-hybridized carbons (Fsp3) is 0.200. The number of carbonyl (C=O) groups excluding carboxylic acids is 3. The Kier molecular flexibility index (Phi) is 48.8. The first kappa shape index (κ1) is 44.3. The van der Waals surface area contributed by atoms with Crippen molar-refractivity contribution in [3.63, 3.8) is 0 Å². The van der Waals surface area contributed by atoms with Gasteiger partial charge in [-0.25, -0.2) is 4.79 Å². The minimum absolute atomic E-state index is 0. The van der Waals surface area contributed by atoms with E-state index in [-0.39, 0.29) is 83.2 Å². The van der Waals surface area contributed by atoms with E-state index in [0.717, 1.165) is 12.2 Å². The zero-order valence-corrected chi connectivity index (χ0v) is 18.8.